The predicted molar refractivity (Wildman–Crippen MR) is 65.5 cm³/mol. The second-order valence-electron chi connectivity index (χ2n) is 3.41. The number of aromatic nitrogens is 2. The largest absolute Gasteiger partial charge is 0.264 e. The van der Waals surface area contributed by atoms with E-state index in [0.717, 1.165) is 16.8 Å². The Kier molecular flexibility index (Phi) is 3.27. The number of nitrogens with zero attached hydrogens (tertiary/aromatic N) is 2. The van der Waals surface area contributed by atoms with E-state index in [1.165, 1.54) is 0 Å². The zero-order chi connectivity index (χ0) is 11.2. The highest BCUT2D eigenvalue weighted by molar-refractivity contribution is 5.66. The summed E-state index contributed by atoms with van der Waals surface area (Å²) in [6.45, 7) is 2.01. The maximum absolute atomic E-state index is 4.20. The van der Waals surface area contributed by atoms with E-state index < -0.39 is 0 Å². The molecule has 0 aliphatic carbocycles. The lowest BCUT2D eigenvalue weighted by Crippen LogP contribution is -1.79. The van der Waals surface area contributed by atoms with Crippen LogP contribution in [0.15, 0.2) is 54.7 Å². The fraction of sp³-hybridized carbons (Fsp3) is 0.0714. The van der Waals surface area contributed by atoms with Gasteiger partial charge in [0, 0.05) is 30.2 Å². The van der Waals surface area contributed by atoms with Crippen LogP contribution in [0.3, 0.4) is 0 Å². The van der Waals surface area contributed by atoms with Gasteiger partial charge in [-0.25, -0.2) is 0 Å². The third-order valence-electron chi connectivity index (χ3n) is 2.22. The van der Waals surface area contributed by atoms with Gasteiger partial charge in [0.15, 0.2) is 0 Å². The second-order valence-corrected chi connectivity index (χ2v) is 3.41. The molecule has 0 bridgehead atoms. The Labute approximate surface area is 95.0 Å². The maximum Gasteiger partial charge on any atom is 0.0706 e. The molecular weight excluding hydrogens is 196 g/mol. The first-order valence-electron chi connectivity index (χ1n) is 5.11. The van der Waals surface area contributed by atoms with Gasteiger partial charge in [0.05, 0.1) is 5.69 Å². The van der Waals surface area contributed by atoms with Crippen molar-refractivity contribution in [3.63, 3.8) is 0 Å². The van der Waals surface area contributed by atoms with E-state index >= 15 is 0 Å². The molecule has 0 unspecified atom stereocenters. The fourth-order valence-electron chi connectivity index (χ4n) is 1.31. The Morgan fingerprint density at radius 1 is 1.19 bits per heavy atom. The minimum atomic E-state index is 0.908. The lowest BCUT2D eigenvalue weighted by Gasteiger charge is -1.95. The molecule has 16 heavy (non-hydrogen) atoms. The van der Waals surface area contributed by atoms with Crippen LogP contribution < -0.4 is 0 Å². The predicted octanol–water partition coefficient (Wildman–Crippen LogP) is 3.19. The van der Waals surface area contributed by atoms with Crippen LogP contribution >= 0.6 is 0 Å². The van der Waals surface area contributed by atoms with E-state index in [2.05, 4.69) is 15.7 Å². The molecule has 2 aromatic heterocycles. The van der Waals surface area contributed by atoms with Gasteiger partial charge in [-0.05, 0) is 30.7 Å². The van der Waals surface area contributed by atoms with E-state index in [4.69, 9.17) is 0 Å². The van der Waals surface area contributed by atoms with Crippen LogP contribution in [0.5, 0.6) is 0 Å². The smallest absolute Gasteiger partial charge is 0.0706 e. The summed E-state index contributed by atoms with van der Waals surface area (Å²) in [5.41, 5.74) is 6.25. The third-order valence-corrected chi connectivity index (χ3v) is 2.22. The molecule has 2 rings (SSSR count). The van der Waals surface area contributed by atoms with Crippen molar-refractivity contribution in [3.8, 4) is 0 Å². The minimum absolute atomic E-state index is 0.908. The molecule has 0 aliphatic heterocycles. The first-order chi connectivity index (χ1) is 7.86. The molecular formula is C14H12N2. The summed E-state index contributed by atoms with van der Waals surface area (Å²) in [6.07, 6.45) is 7.24. The molecule has 78 valence electrons. The van der Waals surface area contributed by atoms with Crippen molar-refractivity contribution < 1.29 is 0 Å². The average Bonchev–Trinajstić information content (AvgIpc) is 2.38. The molecule has 2 heterocycles. The second kappa shape index (κ2) is 5.06. The summed E-state index contributed by atoms with van der Waals surface area (Å²) >= 11 is 0. The van der Waals surface area contributed by atoms with Crippen LogP contribution in [-0.2, 0) is 0 Å². The van der Waals surface area contributed by atoms with Gasteiger partial charge in [-0.1, -0.05) is 12.1 Å². The van der Waals surface area contributed by atoms with E-state index in [0.29, 0.717) is 0 Å². The molecule has 0 radical (unpaired) electrons. The van der Waals surface area contributed by atoms with Crippen LogP contribution in [0, 0.1) is 0 Å². The summed E-state index contributed by atoms with van der Waals surface area (Å²) in [7, 11) is 0. The van der Waals surface area contributed by atoms with Crippen LogP contribution in [-0.4, -0.2) is 9.97 Å². The van der Waals surface area contributed by atoms with Gasteiger partial charge in [0.2, 0.25) is 0 Å². The van der Waals surface area contributed by atoms with Crippen LogP contribution in [0.4, 0.5) is 0 Å². The van der Waals surface area contributed by atoms with Crippen molar-refractivity contribution >= 4 is 11.6 Å². The van der Waals surface area contributed by atoms with Gasteiger partial charge in [-0.2, -0.15) is 0 Å². The van der Waals surface area contributed by atoms with Crippen molar-refractivity contribution in [2.45, 2.75) is 6.92 Å². The Bertz CT molecular complexity index is 509. The summed E-state index contributed by atoms with van der Waals surface area (Å²) in [5.74, 6) is 0. The summed E-state index contributed by atoms with van der Waals surface area (Å²) in [6, 6.07) is 9.74. The van der Waals surface area contributed by atoms with E-state index in [1.807, 2.05) is 49.5 Å². The van der Waals surface area contributed by atoms with Crippen LogP contribution in [0.25, 0.3) is 11.6 Å². The van der Waals surface area contributed by atoms with Crippen molar-refractivity contribution in [2.24, 2.45) is 0 Å². The summed E-state index contributed by atoms with van der Waals surface area (Å²) < 4.78 is 0. The number of hydrogen-bond acceptors (Lipinski definition) is 2. The van der Waals surface area contributed by atoms with Crippen molar-refractivity contribution in [3.05, 3.63) is 65.9 Å². The zero-order valence-electron chi connectivity index (χ0n) is 9.09. The van der Waals surface area contributed by atoms with Gasteiger partial charge >= 0.3 is 0 Å². The zero-order valence-corrected chi connectivity index (χ0v) is 9.09. The van der Waals surface area contributed by atoms with Gasteiger partial charge in [-0.3, -0.25) is 9.97 Å². The SMILES string of the molecule is CC(=C=Cc1ccccn1)c1cccnc1. The molecule has 0 saturated heterocycles. The number of rotatable bonds is 2. The Balaban J connectivity index is 2.29. The molecule has 0 aliphatic rings. The summed E-state index contributed by atoms with van der Waals surface area (Å²) in [5, 5.41) is 0. The molecule has 0 aromatic carbocycles. The highest BCUT2D eigenvalue weighted by Gasteiger charge is 1.91. The number of pyridine rings is 2. The van der Waals surface area contributed by atoms with Gasteiger partial charge in [-0.15, -0.1) is 5.73 Å². The molecule has 0 amide bonds. The molecule has 0 saturated carbocycles. The molecule has 0 N–H and O–H groups in total. The number of allylic oxidation sites excluding steroid dienone is 1. The molecule has 0 atom stereocenters. The average molecular weight is 208 g/mol. The molecule has 2 aromatic rings. The highest BCUT2D eigenvalue weighted by atomic mass is 14.6. The van der Waals surface area contributed by atoms with Crippen molar-refractivity contribution in [2.75, 3.05) is 0 Å². The van der Waals surface area contributed by atoms with E-state index in [-0.39, 0.29) is 0 Å². The van der Waals surface area contributed by atoms with Gasteiger partial charge < -0.3 is 0 Å². The van der Waals surface area contributed by atoms with Gasteiger partial charge in [0.25, 0.3) is 0 Å². The van der Waals surface area contributed by atoms with Crippen LogP contribution in [0.1, 0.15) is 18.2 Å². The molecule has 2 nitrogen and oxygen atoms in total. The van der Waals surface area contributed by atoms with E-state index in [9.17, 15) is 0 Å². The van der Waals surface area contributed by atoms with Crippen molar-refractivity contribution in [1.29, 1.82) is 0 Å². The number of hydrogen-bond donors (Lipinski definition) is 0. The topological polar surface area (TPSA) is 25.8 Å². The monoisotopic (exact) mass is 208 g/mol. The standard InChI is InChI=1S/C14H12N2/c1-12(13-5-4-9-15-11-13)7-8-14-6-2-3-10-16-14/h2-6,8-11H,1H3. The normalized spacial score (nSPS) is 9.31. The van der Waals surface area contributed by atoms with Crippen LogP contribution in [0.2, 0.25) is 0 Å². The van der Waals surface area contributed by atoms with E-state index in [1.54, 1.807) is 12.4 Å². The Morgan fingerprint density at radius 2 is 2.12 bits per heavy atom. The fourth-order valence-corrected chi connectivity index (χ4v) is 1.31. The quantitative estimate of drug-likeness (QED) is 0.708. The molecule has 0 fully saturated rings. The first-order valence-corrected chi connectivity index (χ1v) is 5.11. The van der Waals surface area contributed by atoms with Gasteiger partial charge in [0.1, 0.15) is 0 Å². The minimum Gasteiger partial charge on any atom is -0.264 e. The molecule has 0 spiro atoms. The lowest BCUT2D eigenvalue weighted by molar-refractivity contribution is 1.29. The van der Waals surface area contributed by atoms with Crippen molar-refractivity contribution in [1.82, 2.24) is 9.97 Å². The Hall–Kier alpha value is -2.18. The maximum atomic E-state index is 4.20. The summed E-state index contributed by atoms with van der Waals surface area (Å²) in [4.78, 5) is 8.27. The molecule has 2 heteroatoms. The highest BCUT2D eigenvalue weighted by Crippen LogP contribution is 2.10. The third kappa shape index (κ3) is 2.66. The Morgan fingerprint density at radius 3 is 2.81 bits per heavy atom. The lowest BCUT2D eigenvalue weighted by atomic mass is 10.1. The first kappa shape index (κ1) is 10.3.